The normalized spacial score (nSPS) is 15.0. The predicted octanol–water partition coefficient (Wildman–Crippen LogP) is 5.46. The molecular weight excluding hydrogens is 464 g/mol. The number of rotatable bonds is 10. The van der Waals surface area contributed by atoms with E-state index < -0.39 is 6.10 Å². The number of nitrogens with zero attached hydrogens (tertiary/aromatic N) is 3. The molecule has 0 amide bonds. The molecule has 2 heterocycles. The number of halogens is 1. The van der Waals surface area contributed by atoms with Crippen molar-refractivity contribution < 1.29 is 14.4 Å². The standard InChI is InChI=1S/C27H35ClN4O3/c1-16-24(12-9-19-7-5-6-8-19)30-27(31-26(16)25-17(2)32-35-18(25)3)22-13-21(10-11-23(22)28)34-15-20(33)14-29-4/h10-11,13,19-20,29,33H,5-9,12,14-15H2,1-4H3/t20-/m1/s1. The van der Waals surface area contributed by atoms with Crippen molar-refractivity contribution in [2.24, 2.45) is 5.92 Å². The van der Waals surface area contributed by atoms with Crippen LogP contribution in [-0.2, 0) is 6.42 Å². The first-order valence-corrected chi connectivity index (χ1v) is 12.8. The molecule has 2 N–H and O–H groups in total. The van der Waals surface area contributed by atoms with E-state index in [1.54, 1.807) is 19.2 Å². The van der Waals surface area contributed by atoms with E-state index in [0.29, 0.717) is 28.7 Å². The van der Waals surface area contributed by atoms with E-state index in [1.807, 2.05) is 19.9 Å². The van der Waals surface area contributed by atoms with Crippen LogP contribution in [-0.4, -0.2) is 46.5 Å². The van der Waals surface area contributed by atoms with Gasteiger partial charge in [-0.2, -0.15) is 0 Å². The van der Waals surface area contributed by atoms with Crippen molar-refractivity contribution in [1.29, 1.82) is 0 Å². The molecule has 0 unspecified atom stereocenters. The van der Waals surface area contributed by atoms with Crippen molar-refractivity contribution in [2.45, 2.75) is 65.4 Å². The van der Waals surface area contributed by atoms with Gasteiger partial charge in [-0.3, -0.25) is 0 Å². The van der Waals surface area contributed by atoms with Crippen molar-refractivity contribution in [3.8, 4) is 28.4 Å². The van der Waals surface area contributed by atoms with Crippen LogP contribution in [0.5, 0.6) is 5.75 Å². The molecule has 8 heteroatoms. The first kappa shape index (κ1) is 25.6. The highest BCUT2D eigenvalue weighted by Gasteiger charge is 2.22. The van der Waals surface area contributed by atoms with Gasteiger partial charge in [0.05, 0.1) is 22.0 Å². The molecule has 0 bridgehead atoms. The average Bonchev–Trinajstić information content (AvgIpc) is 3.48. The summed E-state index contributed by atoms with van der Waals surface area (Å²) < 4.78 is 11.3. The Morgan fingerprint density at radius 1 is 1.20 bits per heavy atom. The summed E-state index contributed by atoms with van der Waals surface area (Å²) in [6.07, 6.45) is 6.67. The minimum Gasteiger partial charge on any atom is -0.491 e. The van der Waals surface area contributed by atoms with Gasteiger partial charge in [0.25, 0.3) is 0 Å². The van der Waals surface area contributed by atoms with Crippen LogP contribution >= 0.6 is 11.6 Å². The fraction of sp³-hybridized carbons (Fsp3) is 0.519. The largest absolute Gasteiger partial charge is 0.491 e. The van der Waals surface area contributed by atoms with Crippen molar-refractivity contribution in [3.63, 3.8) is 0 Å². The van der Waals surface area contributed by atoms with Crippen LogP contribution in [0.25, 0.3) is 22.6 Å². The molecule has 0 aliphatic heterocycles. The molecule has 2 aromatic heterocycles. The summed E-state index contributed by atoms with van der Waals surface area (Å²) in [5, 5.41) is 17.6. The van der Waals surface area contributed by atoms with Gasteiger partial charge < -0.3 is 19.7 Å². The van der Waals surface area contributed by atoms with Crippen LogP contribution in [0.4, 0.5) is 0 Å². The highest BCUT2D eigenvalue weighted by Crippen LogP contribution is 2.36. The number of aliphatic hydroxyl groups is 1. The zero-order valence-corrected chi connectivity index (χ0v) is 21.8. The van der Waals surface area contributed by atoms with Gasteiger partial charge in [0.15, 0.2) is 5.82 Å². The fourth-order valence-electron chi connectivity index (χ4n) is 4.88. The number of aliphatic hydroxyl groups excluding tert-OH is 1. The minimum absolute atomic E-state index is 0.174. The molecule has 1 fully saturated rings. The summed E-state index contributed by atoms with van der Waals surface area (Å²) in [6, 6.07) is 5.42. The zero-order chi connectivity index (χ0) is 24.9. The summed E-state index contributed by atoms with van der Waals surface area (Å²) in [5.41, 5.74) is 5.33. The molecule has 1 atom stereocenters. The Labute approximate surface area is 212 Å². The fourth-order valence-corrected chi connectivity index (χ4v) is 5.09. The highest BCUT2D eigenvalue weighted by atomic mass is 35.5. The van der Waals surface area contributed by atoms with Gasteiger partial charge >= 0.3 is 0 Å². The van der Waals surface area contributed by atoms with E-state index in [-0.39, 0.29) is 6.61 Å². The molecule has 3 aromatic rings. The number of aryl methyl sites for hydroxylation is 3. The lowest BCUT2D eigenvalue weighted by atomic mass is 9.96. The second-order valence-electron chi connectivity index (χ2n) is 9.52. The number of nitrogens with one attached hydrogen (secondary N) is 1. The van der Waals surface area contributed by atoms with E-state index >= 15 is 0 Å². The summed E-state index contributed by atoms with van der Waals surface area (Å²) in [5.74, 6) is 2.66. The SMILES string of the molecule is CNC[C@@H](O)COc1ccc(Cl)c(-c2nc(CCC3CCCC3)c(C)c(-c3c(C)noc3C)n2)c1. The minimum atomic E-state index is -0.608. The van der Waals surface area contributed by atoms with Crippen LogP contribution in [0.2, 0.25) is 5.02 Å². The second-order valence-corrected chi connectivity index (χ2v) is 9.93. The van der Waals surface area contributed by atoms with Crippen LogP contribution in [0, 0.1) is 26.7 Å². The van der Waals surface area contributed by atoms with Gasteiger partial charge in [0.1, 0.15) is 24.2 Å². The molecule has 0 spiro atoms. The van der Waals surface area contributed by atoms with Gasteiger partial charge in [-0.15, -0.1) is 0 Å². The molecule has 1 aliphatic carbocycles. The van der Waals surface area contributed by atoms with E-state index in [1.165, 1.54) is 25.7 Å². The molecule has 0 radical (unpaired) electrons. The third-order valence-electron chi connectivity index (χ3n) is 6.84. The maximum Gasteiger partial charge on any atom is 0.161 e. The lowest BCUT2D eigenvalue weighted by Gasteiger charge is -2.16. The van der Waals surface area contributed by atoms with Crippen LogP contribution in [0.1, 0.15) is 54.8 Å². The highest BCUT2D eigenvalue weighted by molar-refractivity contribution is 6.33. The lowest BCUT2D eigenvalue weighted by Crippen LogP contribution is -2.29. The summed E-state index contributed by atoms with van der Waals surface area (Å²) in [6.45, 7) is 6.55. The first-order valence-electron chi connectivity index (χ1n) is 12.4. The van der Waals surface area contributed by atoms with Crippen molar-refractivity contribution in [2.75, 3.05) is 20.2 Å². The Kier molecular flexibility index (Phi) is 8.42. The summed E-state index contributed by atoms with van der Waals surface area (Å²) >= 11 is 6.63. The smallest absolute Gasteiger partial charge is 0.161 e. The van der Waals surface area contributed by atoms with Gasteiger partial charge in [-0.05, 0) is 70.3 Å². The Morgan fingerprint density at radius 3 is 2.66 bits per heavy atom. The van der Waals surface area contributed by atoms with E-state index in [9.17, 15) is 5.11 Å². The monoisotopic (exact) mass is 498 g/mol. The molecule has 7 nitrogen and oxygen atoms in total. The van der Waals surface area contributed by atoms with E-state index in [2.05, 4.69) is 17.4 Å². The van der Waals surface area contributed by atoms with E-state index in [0.717, 1.165) is 52.7 Å². The number of ether oxygens (including phenoxy) is 1. The summed E-state index contributed by atoms with van der Waals surface area (Å²) in [4.78, 5) is 9.96. The Hall–Kier alpha value is -2.48. The molecule has 1 aromatic carbocycles. The number of hydrogen-bond acceptors (Lipinski definition) is 7. The van der Waals surface area contributed by atoms with Crippen molar-refractivity contribution >= 4 is 11.6 Å². The summed E-state index contributed by atoms with van der Waals surface area (Å²) in [7, 11) is 1.79. The number of hydrogen-bond donors (Lipinski definition) is 2. The van der Waals surface area contributed by atoms with Crippen LogP contribution < -0.4 is 10.1 Å². The van der Waals surface area contributed by atoms with Gasteiger partial charge in [0, 0.05) is 17.8 Å². The topological polar surface area (TPSA) is 93.3 Å². The Bertz CT molecular complexity index is 1140. The maximum absolute atomic E-state index is 10.0. The van der Waals surface area contributed by atoms with Crippen LogP contribution in [0.15, 0.2) is 22.7 Å². The average molecular weight is 499 g/mol. The predicted molar refractivity (Wildman–Crippen MR) is 138 cm³/mol. The maximum atomic E-state index is 10.0. The second kappa shape index (κ2) is 11.5. The molecule has 35 heavy (non-hydrogen) atoms. The quantitative estimate of drug-likeness (QED) is 0.383. The number of benzene rings is 1. The molecule has 0 saturated heterocycles. The zero-order valence-electron chi connectivity index (χ0n) is 21.0. The third-order valence-corrected chi connectivity index (χ3v) is 7.17. The molecule has 1 saturated carbocycles. The lowest BCUT2D eigenvalue weighted by molar-refractivity contribution is 0.108. The number of likely N-dealkylation sites (N-methyl/N-ethyl adjacent to an activating group) is 1. The first-order chi connectivity index (χ1) is 16.9. The van der Waals surface area contributed by atoms with Gasteiger partial charge in [-0.1, -0.05) is 42.4 Å². The molecular formula is C27H35ClN4O3. The Morgan fingerprint density at radius 2 is 1.97 bits per heavy atom. The van der Waals surface area contributed by atoms with Gasteiger partial charge in [-0.25, -0.2) is 9.97 Å². The third kappa shape index (κ3) is 6.02. The van der Waals surface area contributed by atoms with E-state index in [4.69, 9.17) is 30.8 Å². The van der Waals surface area contributed by atoms with Crippen molar-refractivity contribution in [1.82, 2.24) is 20.4 Å². The Balaban J connectivity index is 1.72. The van der Waals surface area contributed by atoms with Crippen LogP contribution in [0.3, 0.4) is 0 Å². The molecule has 188 valence electrons. The number of aromatic nitrogens is 3. The molecule has 4 rings (SSSR count). The van der Waals surface area contributed by atoms with Crippen molar-refractivity contribution in [3.05, 3.63) is 45.9 Å². The van der Waals surface area contributed by atoms with Gasteiger partial charge in [0.2, 0.25) is 0 Å². The molecule has 1 aliphatic rings.